The largest absolute Gasteiger partial charge is 0.461 e. The number of ether oxygens (including phenoxy) is 2. The van der Waals surface area contributed by atoms with Crippen molar-refractivity contribution in [2.24, 2.45) is 0 Å². The van der Waals surface area contributed by atoms with Crippen molar-refractivity contribution in [1.82, 2.24) is 24.8 Å². The molecule has 2 unspecified atom stereocenters. The zero-order valence-corrected chi connectivity index (χ0v) is 22.2. The van der Waals surface area contributed by atoms with Crippen LogP contribution in [-0.4, -0.2) is 93.0 Å². The number of halogens is 1. The number of fused-ring (bicyclic) bond motifs is 4. The van der Waals surface area contributed by atoms with Crippen LogP contribution in [0.3, 0.4) is 0 Å². The van der Waals surface area contributed by atoms with Gasteiger partial charge in [0.1, 0.15) is 23.9 Å². The number of amides is 1. The first kappa shape index (κ1) is 24.6. The molecule has 0 N–H and O–H groups in total. The zero-order valence-electron chi connectivity index (χ0n) is 22.2. The summed E-state index contributed by atoms with van der Waals surface area (Å²) in [6.45, 7) is 10.8. The minimum Gasteiger partial charge on any atom is -0.461 e. The van der Waals surface area contributed by atoms with E-state index in [0.717, 1.165) is 54.6 Å². The second-order valence-electron chi connectivity index (χ2n) is 12.3. The van der Waals surface area contributed by atoms with Crippen LogP contribution in [0.2, 0.25) is 0 Å². The van der Waals surface area contributed by atoms with Crippen LogP contribution in [0, 0.1) is 6.92 Å². The Labute approximate surface area is 217 Å². The van der Waals surface area contributed by atoms with Gasteiger partial charge in [-0.3, -0.25) is 14.8 Å². The van der Waals surface area contributed by atoms with Crippen LogP contribution in [0.15, 0.2) is 12.3 Å². The van der Waals surface area contributed by atoms with E-state index >= 15 is 0 Å². The Morgan fingerprint density at radius 1 is 1.19 bits per heavy atom. The predicted molar refractivity (Wildman–Crippen MR) is 138 cm³/mol. The van der Waals surface area contributed by atoms with Gasteiger partial charge in [-0.2, -0.15) is 9.97 Å². The van der Waals surface area contributed by atoms with Gasteiger partial charge in [-0.1, -0.05) is 0 Å². The van der Waals surface area contributed by atoms with Crippen LogP contribution in [0.4, 0.5) is 15.0 Å². The molecule has 2 aromatic heterocycles. The highest BCUT2D eigenvalue weighted by atomic mass is 19.1. The highest BCUT2D eigenvalue weighted by Crippen LogP contribution is 2.41. The number of rotatable bonds is 4. The first-order valence-corrected chi connectivity index (χ1v) is 13.5. The summed E-state index contributed by atoms with van der Waals surface area (Å²) in [7, 11) is 0. The van der Waals surface area contributed by atoms with Crippen molar-refractivity contribution in [3.8, 4) is 6.01 Å². The Bertz CT molecular complexity index is 1190. The van der Waals surface area contributed by atoms with E-state index in [1.165, 1.54) is 0 Å². The number of aromatic nitrogens is 3. The van der Waals surface area contributed by atoms with E-state index in [0.29, 0.717) is 38.7 Å². The third kappa shape index (κ3) is 4.57. The molecule has 0 aromatic carbocycles. The highest BCUT2D eigenvalue weighted by molar-refractivity contribution is 5.86. The lowest BCUT2D eigenvalue weighted by Gasteiger charge is -2.41. The van der Waals surface area contributed by atoms with Crippen molar-refractivity contribution >= 4 is 22.9 Å². The molecule has 37 heavy (non-hydrogen) atoms. The average molecular weight is 513 g/mol. The third-order valence-corrected chi connectivity index (χ3v) is 8.25. The number of alkyl halides is 1. The monoisotopic (exact) mass is 512 g/mol. The maximum Gasteiger partial charge on any atom is 0.410 e. The third-order valence-electron chi connectivity index (χ3n) is 8.25. The van der Waals surface area contributed by atoms with Gasteiger partial charge in [0, 0.05) is 32.3 Å². The van der Waals surface area contributed by atoms with E-state index in [9.17, 15) is 9.18 Å². The van der Waals surface area contributed by atoms with E-state index < -0.39 is 11.8 Å². The molecular weight excluding hydrogens is 475 g/mol. The average Bonchev–Trinajstić information content (AvgIpc) is 3.43. The number of carbonyl (C=O) groups excluding carboxylic acids is 1. The summed E-state index contributed by atoms with van der Waals surface area (Å²) in [6, 6.07) is 2.42. The standard InChI is InChI=1S/C27H37FN6O3/c1-17-10-21-22(29-12-17)23(31-24(30-21)36-16-27-8-5-9-33(27)13-18(28)11-27)32-14-19-6-7-20(15-32)34(19)25(35)37-26(2,3)4/h10,12,18-20H,5-9,11,13-16H2,1-4H3/t18-,19?,20?,27+/m1/s1. The van der Waals surface area contributed by atoms with Gasteiger partial charge < -0.3 is 14.4 Å². The van der Waals surface area contributed by atoms with Gasteiger partial charge in [-0.15, -0.1) is 0 Å². The van der Waals surface area contributed by atoms with Gasteiger partial charge >= 0.3 is 12.1 Å². The van der Waals surface area contributed by atoms with E-state index in [4.69, 9.17) is 19.4 Å². The van der Waals surface area contributed by atoms with Crippen LogP contribution >= 0.6 is 0 Å². The fourth-order valence-corrected chi connectivity index (χ4v) is 6.70. The Balaban J connectivity index is 1.27. The second kappa shape index (κ2) is 8.92. The maximum absolute atomic E-state index is 14.3. The minimum atomic E-state index is -0.805. The SMILES string of the molecule is Cc1cnc2c(N3CC4CCC(C3)N4C(=O)OC(C)(C)C)nc(OC[C@@]34CCCN3C[C@H](F)C4)nc2c1. The molecular formula is C27H37FN6O3. The number of pyridine rings is 1. The second-order valence-corrected chi connectivity index (χ2v) is 12.3. The summed E-state index contributed by atoms with van der Waals surface area (Å²) in [4.78, 5) is 33.6. The van der Waals surface area contributed by atoms with Crippen LogP contribution in [0.5, 0.6) is 6.01 Å². The lowest BCUT2D eigenvalue weighted by molar-refractivity contribution is 0.0122. The summed E-state index contributed by atoms with van der Waals surface area (Å²) in [5, 5.41) is 0. The number of piperazine rings is 1. The van der Waals surface area contributed by atoms with Crippen LogP contribution in [-0.2, 0) is 4.74 Å². The topological polar surface area (TPSA) is 83.9 Å². The Kier molecular flexibility index (Phi) is 5.93. The van der Waals surface area contributed by atoms with Crippen molar-refractivity contribution in [1.29, 1.82) is 0 Å². The molecule has 0 radical (unpaired) electrons. The Hall–Kier alpha value is -2.75. The smallest absolute Gasteiger partial charge is 0.410 e. The molecule has 4 aliphatic rings. The highest BCUT2D eigenvalue weighted by Gasteiger charge is 2.49. The van der Waals surface area contributed by atoms with Crippen LogP contribution < -0.4 is 9.64 Å². The fraction of sp³-hybridized carbons (Fsp3) is 0.704. The normalized spacial score (nSPS) is 29.7. The number of aryl methyl sites for hydroxylation is 1. The maximum atomic E-state index is 14.3. The Morgan fingerprint density at radius 3 is 2.68 bits per heavy atom. The number of hydrogen-bond donors (Lipinski definition) is 0. The summed E-state index contributed by atoms with van der Waals surface area (Å²) in [5.74, 6) is 0.733. The molecule has 4 atom stereocenters. The molecule has 6 rings (SSSR count). The summed E-state index contributed by atoms with van der Waals surface area (Å²) in [6.07, 6.45) is 5.15. The van der Waals surface area contributed by atoms with E-state index in [1.807, 2.05) is 44.9 Å². The summed E-state index contributed by atoms with van der Waals surface area (Å²) in [5.41, 5.74) is 1.68. The van der Waals surface area contributed by atoms with Gasteiger partial charge in [-0.25, -0.2) is 9.18 Å². The molecule has 4 aliphatic heterocycles. The van der Waals surface area contributed by atoms with E-state index in [-0.39, 0.29) is 23.7 Å². The molecule has 1 amide bonds. The molecule has 0 saturated carbocycles. The summed E-state index contributed by atoms with van der Waals surface area (Å²) < 4.78 is 26.2. The molecule has 0 spiro atoms. The molecule has 2 aromatic rings. The molecule has 10 heteroatoms. The lowest BCUT2D eigenvalue weighted by Crippen LogP contribution is -2.57. The van der Waals surface area contributed by atoms with E-state index in [1.54, 1.807) is 0 Å². The molecule has 4 saturated heterocycles. The van der Waals surface area contributed by atoms with Gasteiger partial charge in [0.15, 0.2) is 5.82 Å². The number of nitrogens with zero attached hydrogens (tertiary/aromatic N) is 6. The molecule has 2 bridgehead atoms. The molecule has 4 fully saturated rings. The number of hydrogen-bond acceptors (Lipinski definition) is 8. The van der Waals surface area contributed by atoms with Crippen molar-refractivity contribution in [2.45, 2.75) is 89.2 Å². The molecule has 6 heterocycles. The number of anilines is 1. The van der Waals surface area contributed by atoms with Crippen LogP contribution in [0.1, 0.15) is 58.4 Å². The van der Waals surface area contributed by atoms with Crippen molar-refractivity contribution < 1.29 is 18.7 Å². The predicted octanol–water partition coefficient (Wildman–Crippen LogP) is 3.88. The van der Waals surface area contributed by atoms with Crippen molar-refractivity contribution in [3.63, 3.8) is 0 Å². The van der Waals surface area contributed by atoms with Crippen LogP contribution in [0.25, 0.3) is 11.0 Å². The van der Waals surface area contributed by atoms with Gasteiger partial charge in [0.05, 0.1) is 23.1 Å². The first-order chi connectivity index (χ1) is 17.6. The molecule has 200 valence electrons. The molecule has 9 nitrogen and oxygen atoms in total. The van der Waals surface area contributed by atoms with Gasteiger partial charge in [-0.05, 0) is 71.6 Å². The first-order valence-electron chi connectivity index (χ1n) is 13.5. The quantitative estimate of drug-likeness (QED) is 0.611. The Morgan fingerprint density at radius 2 is 1.95 bits per heavy atom. The van der Waals surface area contributed by atoms with Gasteiger partial charge in [0.2, 0.25) is 0 Å². The molecule has 0 aliphatic carbocycles. The van der Waals surface area contributed by atoms with Crippen molar-refractivity contribution in [3.05, 3.63) is 17.8 Å². The zero-order chi connectivity index (χ0) is 25.9. The summed E-state index contributed by atoms with van der Waals surface area (Å²) >= 11 is 0. The van der Waals surface area contributed by atoms with Crippen molar-refractivity contribution in [2.75, 3.05) is 37.7 Å². The number of carbonyl (C=O) groups is 1. The fourth-order valence-electron chi connectivity index (χ4n) is 6.70. The van der Waals surface area contributed by atoms with Gasteiger partial charge in [0.25, 0.3) is 0 Å². The lowest BCUT2D eigenvalue weighted by atomic mass is 9.95. The van der Waals surface area contributed by atoms with E-state index in [2.05, 4.69) is 14.8 Å². The minimum absolute atomic E-state index is 0.0549.